The van der Waals surface area contributed by atoms with Crippen LogP contribution in [0.3, 0.4) is 0 Å². The molecule has 7 nitrogen and oxygen atoms in total. The molecule has 0 spiro atoms. The Hall–Kier alpha value is -2.71. The second-order valence-electron chi connectivity index (χ2n) is 7.52. The van der Waals surface area contributed by atoms with Crippen molar-refractivity contribution in [3.8, 4) is 22.9 Å². The van der Waals surface area contributed by atoms with E-state index in [9.17, 15) is 0 Å². The highest BCUT2D eigenvalue weighted by Gasteiger charge is 2.29. The van der Waals surface area contributed by atoms with Crippen molar-refractivity contribution in [3.05, 3.63) is 53.1 Å². The van der Waals surface area contributed by atoms with Crippen LogP contribution in [0.4, 0.5) is 0 Å². The van der Waals surface area contributed by atoms with Gasteiger partial charge in [0.05, 0.1) is 20.4 Å². The number of benzene rings is 1. The molecule has 0 saturated heterocycles. The minimum atomic E-state index is 0.454. The predicted molar refractivity (Wildman–Crippen MR) is 118 cm³/mol. The lowest BCUT2D eigenvalue weighted by Crippen LogP contribution is -2.22. The largest absolute Gasteiger partial charge is 0.493 e. The average molecular weight is 426 g/mol. The molecule has 1 aromatic carbocycles. The number of methoxy groups -OCH3 is 1. The summed E-state index contributed by atoms with van der Waals surface area (Å²) in [5.74, 6) is 2.43. The normalized spacial score (nSPS) is 13.6. The number of hydrogen-bond acceptors (Lipinski definition) is 6. The van der Waals surface area contributed by atoms with Crippen LogP contribution in [-0.2, 0) is 13.2 Å². The smallest absolute Gasteiger partial charge is 0.199 e. The maximum absolute atomic E-state index is 5.78. The summed E-state index contributed by atoms with van der Waals surface area (Å²) in [7, 11) is 3.72. The zero-order valence-corrected chi connectivity index (χ0v) is 18.4. The molecule has 1 fully saturated rings. The van der Waals surface area contributed by atoms with Gasteiger partial charge in [-0.2, -0.15) is 5.10 Å². The third-order valence-corrected chi connectivity index (χ3v) is 5.48. The lowest BCUT2D eigenvalue weighted by molar-refractivity contribution is 0.243. The molecule has 0 N–H and O–H groups in total. The Labute approximate surface area is 181 Å². The second-order valence-corrected chi connectivity index (χ2v) is 7.88. The summed E-state index contributed by atoms with van der Waals surface area (Å²) in [5, 5.41) is 4.86. The molecule has 2 aromatic heterocycles. The molecule has 0 amide bonds. The van der Waals surface area contributed by atoms with E-state index in [4.69, 9.17) is 26.8 Å². The van der Waals surface area contributed by atoms with Gasteiger partial charge in [0.25, 0.3) is 0 Å². The number of pyridine rings is 1. The van der Waals surface area contributed by atoms with Gasteiger partial charge in [-0.15, -0.1) is 0 Å². The average Bonchev–Trinajstić information content (AvgIpc) is 3.54. The molecule has 1 aliphatic carbocycles. The fourth-order valence-electron chi connectivity index (χ4n) is 3.55. The molecule has 0 bridgehead atoms. The van der Waals surface area contributed by atoms with Crippen LogP contribution >= 0.6 is 12.2 Å². The Morgan fingerprint density at radius 2 is 1.93 bits per heavy atom. The molecule has 0 aliphatic heterocycles. The molecule has 0 radical (unpaired) electrons. The zero-order valence-electron chi connectivity index (χ0n) is 17.6. The molecular weight excluding hydrogens is 398 g/mol. The summed E-state index contributed by atoms with van der Waals surface area (Å²) in [5.41, 5.74) is 2.18. The van der Waals surface area contributed by atoms with Crippen molar-refractivity contribution in [3.63, 3.8) is 0 Å². The molecule has 4 rings (SSSR count). The molecule has 1 saturated carbocycles. The van der Waals surface area contributed by atoms with Gasteiger partial charge in [-0.05, 0) is 68.9 Å². The van der Waals surface area contributed by atoms with E-state index in [1.165, 1.54) is 0 Å². The van der Waals surface area contributed by atoms with Crippen LogP contribution in [0.15, 0.2) is 42.7 Å². The Balaban J connectivity index is 1.54. The topological polar surface area (TPSA) is 57.3 Å². The van der Waals surface area contributed by atoms with Gasteiger partial charge in [-0.1, -0.05) is 6.07 Å². The molecule has 3 aromatic rings. The van der Waals surface area contributed by atoms with Crippen molar-refractivity contribution in [2.45, 2.75) is 39.0 Å². The summed E-state index contributed by atoms with van der Waals surface area (Å²) < 4.78 is 16.0. The first-order valence-corrected chi connectivity index (χ1v) is 10.6. The Kier molecular flexibility index (Phi) is 6.15. The molecule has 0 atom stereocenters. The summed E-state index contributed by atoms with van der Waals surface area (Å²) in [6.45, 7) is 3.92. The number of ether oxygens (including phenoxy) is 2. The number of aromatic nitrogens is 4. The van der Waals surface area contributed by atoms with Gasteiger partial charge >= 0.3 is 0 Å². The minimum absolute atomic E-state index is 0.454. The van der Waals surface area contributed by atoms with Gasteiger partial charge in [0.2, 0.25) is 0 Å². The highest BCUT2D eigenvalue weighted by atomic mass is 32.1. The number of nitrogens with zero attached hydrogens (tertiary/aromatic N) is 5. The summed E-state index contributed by atoms with van der Waals surface area (Å²) in [4.78, 5) is 6.31. The van der Waals surface area contributed by atoms with Crippen LogP contribution in [-0.4, -0.2) is 45.0 Å². The number of hydrogen-bond donors (Lipinski definition) is 0. The molecule has 8 heteroatoms. The third-order valence-electron chi connectivity index (χ3n) is 5.08. The monoisotopic (exact) mass is 425 g/mol. The van der Waals surface area contributed by atoms with Crippen molar-refractivity contribution in [1.82, 2.24) is 24.2 Å². The predicted octanol–water partition coefficient (Wildman–Crippen LogP) is 4.31. The van der Waals surface area contributed by atoms with Crippen molar-refractivity contribution in [2.24, 2.45) is 0 Å². The second kappa shape index (κ2) is 8.97. The Bertz CT molecular complexity index is 1060. The fraction of sp³-hybridized carbons (Fsp3) is 0.409. The highest BCUT2D eigenvalue weighted by molar-refractivity contribution is 7.71. The van der Waals surface area contributed by atoms with E-state index >= 15 is 0 Å². The third kappa shape index (κ3) is 4.39. The van der Waals surface area contributed by atoms with E-state index in [1.807, 2.05) is 35.9 Å². The fourth-order valence-corrected chi connectivity index (χ4v) is 3.88. The van der Waals surface area contributed by atoms with Crippen LogP contribution < -0.4 is 9.47 Å². The van der Waals surface area contributed by atoms with Gasteiger partial charge in [-0.3, -0.25) is 14.5 Å². The van der Waals surface area contributed by atoms with Crippen LogP contribution in [0.2, 0.25) is 0 Å². The molecule has 158 valence electrons. The van der Waals surface area contributed by atoms with Crippen molar-refractivity contribution in [2.75, 3.05) is 20.8 Å². The van der Waals surface area contributed by atoms with E-state index in [-0.39, 0.29) is 0 Å². The van der Waals surface area contributed by atoms with E-state index in [0.717, 1.165) is 52.6 Å². The van der Waals surface area contributed by atoms with E-state index in [0.29, 0.717) is 19.3 Å². The van der Waals surface area contributed by atoms with Crippen LogP contribution in [0.25, 0.3) is 11.4 Å². The Morgan fingerprint density at radius 3 is 2.60 bits per heavy atom. The standard InChI is InChI=1S/C22H27N5O2S/c1-4-29-19-8-5-16(13-20(19)28-3)14-25(2)15-26-22(30)27(18-6-7-18)21(24-26)17-9-11-23-12-10-17/h5,8-13,18H,4,6-7,14-15H2,1-3H3. The first-order chi connectivity index (χ1) is 14.6. The zero-order chi connectivity index (χ0) is 21.1. The van der Waals surface area contributed by atoms with Gasteiger partial charge in [0, 0.05) is 30.5 Å². The maximum Gasteiger partial charge on any atom is 0.199 e. The molecule has 2 heterocycles. The van der Waals surface area contributed by atoms with Crippen molar-refractivity contribution in [1.29, 1.82) is 0 Å². The Morgan fingerprint density at radius 1 is 1.17 bits per heavy atom. The SMILES string of the molecule is CCOc1ccc(CN(C)Cn2nc(-c3ccncc3)n(C3CC3)c2=S)cc1OC. The van der Waals surface area contributed by atoms with E-state index < -0.39 is 0 Å². The minimum Gasteiger partial charge on any atom is -0.493 e. The van der Waals surface area contributed by atoms with Gasteiger partial charge in [-0.25, -0.2) is 4.68 Å². The van der Waals surface area contributed by atoms with Crippen molar-refractivity contribution >= 4 is 12.2 Å². The first kappa shape index (κ1) is 20.6. The molecular formula is C22H27N5O2S. The summed E-state index contributed by atoms with van der Waals surface area (Å²) in [6, 6.07) is 10.5. The van der Waals surface area contributed by atoms with E-state index in [1.54, 1.807) is 19.5 Å². The lowest BCUT2D eigenvalue weighted by atomic mass is 10.2. The number of rotatable bonds is 9. The van der Waals surface area contributed by atoms with Crippen molar-refractivity contribution < 1.29 is 9.47 Å². The van der Waals surface area contributed by atoms with Gasteiger partial charge in [0.15, 0.2) is 22.1 Å². The first-order valence-electron chi connectivity index (χ1n) is 10.2. The summed E-state index contributed by atoms with van der Waals surface area (Å²) >= 11 is 5.78. The highest BCUT2D eigenvalue weighted by Crippen LogP contribution is 2.38. The van der Waals surface area contributed by atoms with Crippen LogP contribution in [0.1, 0.15) is 31.4 Å². The molecule has 1 aliphatic rings. The van der Waals surface area contributed by atoms with Crippen LogP contribution in [0.5, 0.6) is 11.5 Å². The maximum atomic E-state index is 5.78. The summed E-state index contributed by atoms with van der Waals surface area (Å²) in [6.07, 6.45) is 5.89. The molecule has 0 unspecified atom stereocenters. The van der Waals surface area contributed by atoms with Crippen LogP contribution in [0, 0.1) is 4.77 Å². The quantitative estimate of drug-likeness (QED) is 0.476. The van der Waals surface area contributed by atoms with E-state index in [2.05, 4.69) is 27.6 Å². The van der Waals surface area contributed by atoms with Gasteiger partial charge in [0.1, 0.15) is 0 Å². The lowest BCUT2D eigenvalue weighted by Gasteiger charge is -2.18. The molecule has 30 heavy (non-hydrogen) atoms. The van der Waals surface area contributed by atoms with Gasteiger partial charge < -0.3 is 9.47 Å².